The van der Waals surface area contributed by atoms with Gasteiger partial charge in [0.25, 0.3) is 0 Å². The zero-order valence-corrected chi connectivity index (χ0v) is 16.3. The lowest BCUT2D eigenvalue weighted by Crippen LogP contribution is -2.19. The predicted octanol–water partition coefficient (Wildman–Crippen LogP) is 1.60. The maximum atomic E-state index is 11.9. The van der Waals surface area contributed by atoms with Crippen LogP contribution in [0.15, 0.2) is 0 Å². The van der Waals surface area contributed by atoms with Crippen LogP contribution in [0, 0.1) is 5.92 Å². The van der Waals surface area contributed by atoms with Crippen molar-refractivity contribution in [2.24, 2.45) is 5.92 Å². The van der Waals surface area contributed by atoms with Gasteiger partial charge in [0.15, 0.2) is 0 Å². The van der Waals surface area contributed by atoms with Crippen molar-refractivity contribution >= 4 is 11.9 Å². The second kappa shape index (κ2) is 18.6. The van der Waals surface area contributed by atoms with E-state index in [0.717, 1.165) is 12.8 Å². The highest BCUT2D eigenvalue weighted by Gasteiger charge is 2.19. The molecule has 0 N–H and O–H groups in total. The number of carbonyl (C=O) groups is 2. The van der Waals surface area contributed by atoms with Gasteiger partial charge in [-0.2, -0.15) is 0 Å². The standard InChI is InChI=1S/C18H34O8/c1-4-5-16(14-17(19)25-12-10-23-8-6-21-2)15-18(20)26-13-11-24-9-7-22-3/h16H,4-15H2,1-3H3. The minimum absolute atomic E-state index is 0.0798. The van der Waals surface area contributed by atoms with Gasteiger partial charge in [-0.05, 0) is 12.3 Å². The van der Waals surface area contributed by atoms with E-state index in [1.165, 1.54) is 0 Å². The molecule has 0 bridgehead atoms. The maximum absolute atomic E-state index is 11.9. The van der Waals surface area contributed by atoms with Crippen LogP contribution >= 0.6 is 0 Å². The lowest BCUT2D eigenvalue weighted by atomic mass is 9.96. The Morgan fingerprint density at radius 3 is 1.50 bits per heavy atom. The summed E-state index contributed by atoms with van der Waals surface area (Å²) in [5.41, 5.74) is 0. The van der Waals surface area contributed by atoms with E-state index < -0.39 is 0 Å². The van der Waals surface area contributed by atoms with Gasteiger partial charge in [-0.3, -0.25) is 9.59 Å². The highest BCUT2D eigenvalue weighted by molar-refractivity contribution is 5.73. The van der Waals surface area contributed by atoms with E-state index in [-0.39, 0.29) is 43.9 Å². The molecule has 0 aromatic heterocycles. The van der Waals surface area contributed by atoms with Crippen LogP contribution in [0.1, 0.15) is 32.6 Å². The molecule has 0 atom stereocenters. The van der Waals surface area contributed by atoms with E-state index in [9.17, 15) is 9.59 Å². The summed E-state index contributed by atoms with van der Waals surface area (Å²) in [6, 6.07) is 0. The van der Waals surface area contributed by atoms with Gasteiger partial charge >= 0.3 is 11.9 Å². The highest BCUT2D eigenvalue weighted by atomic mass is 16.6. The SMILES string of the molecule is CCCC(CC(=O)OCCOCCOC)CC(=O)OCCOCCOC. The van der Waals surface area contributed by atoms with E-state index in [4.69, 9.17) is 28.4 Å². The molecule has 0 rings (SSSR count). The third kappa shape index (κ3) is 16.3. The first-order valence-corrected chi connectivity index (χ1v) is 9.08. The van der Waals surface area contributed by atoms with Crippen LogP contribution in [0.4, 0.5) is 0 Å². The van der Waals surface area contributed by atoms with Gasteiger partial charge < -0.3 is 28.4 Å². The fraction of sp³-hybridized carbons (Fsp3) is 0.889. The first kappa shape index (κ1) is 24.8. The number of methoxy groups -OCH3 is 2. The number of esters is 2. The smallest absolute Gasteiger partial charge is 0.306 e. The van der Waals surface area contributed by atoms with Crippen molar-refractivity contribution in [3.63, 3.8) is 0 Å². The maximum Gasteiger partial charge on any atom is 0.306 e. The third-order valence-electron chi connectivity index (χ3n) is 3.45. The summed E-state index contributed by atoms with van der Waals surface area (Å²) < 4.78 is 30.4. The van der Waals surface area contributed by atoms with Gasteiger partial charge in [0.1, 0.15) is 13.2 Å². The molecule has 0 aliphatic heterocycles. The summed E-state index contributed by atoms with van der Waals surface area (Å²) in [6.07, 6.45) is 2.04. The van der Waals surface area contributed by atoms with Crippen molar-refractivity contribution in [3.8, 4) is 0 Å². The molecule has 0 fully saturated rings. The Balaban J connectivity index is 3.88. The molecule has 0 saturated heterocycles. The third-order valence-corrected chi connectivity index (χ3v) is 3.45. The molecule has 0 aliphatic carbocycles. The van der Waals surface area contributed by atoms with Crippen molar-refractivity contribution < 1.29 is 38.0 Å². The highest BCUT2D eigenvalue weighted by Crippen LogP contribution is 2.17. The van der Waals surface area contributed by atoms with Crippen molar-refractivity contribution in [1.29, 1.82) is 0 Å². The number of carbonyl (C=O) groups excluding carboxylic acids is 2. The molecule has 0 radical (unpaired) electrons. The van der Waals surface area contributed by atoms with Gasteiger partial charge in [-0.1, -0.05) is 13.3 Å². The summed E-state index contributed by atoms with van der Waals surface area (Å²) in [5, 5.41) is 0. The monoisotopic (exact) mass is 378 g/mol. The van der Waals surface area contributed by atoms with Crippen LogP contribution in [-0.2, 0) is 38.0 Å². The molecule has 0 amide bonds. The minimum Gasteiger partial charge on any atom is -0.463 e. The number of hydrogen-bond donors (Lipinski definition) is 0. The summed E-state index contributed by atoms with van der Waals surface area (Å²) >= 11 is 0. The summed E-state index contributed by atoms with van der Waals surface area (Å²) in [5.74, 6) is -0.729. The summed E-state index contributed by atoms with van der Waals surface area (Å²) in [4.78, 5) is 23.7. The Morgan fingerprint density at radius 2 is 1.12 bits per heavy atom. The largest absolute Gasteiger partial charge is 0.463 e. The van der Waals surface area contributed by atoms with Gasteiger partial charge in [0.05, 0.1) is 39.6 Å². The van der Waals surface area contributed by atoms with Crippen molar-refractivity contribution in [2.75, 3.05) is 67.1 Å². The van der Waals surface area contributed by atoms with E-state index in [1.807, 2.05) is 6.92 Å². The topological polar surface area (TPSA) is 89.5 Å². The molecule has 0 unspecified atom stereocenters. The van der Waals surface area contributed by atoms with Crippen LogP contribution in [-0.4, -0.2) is 79.0 Å². The quantitative estimate of drug-likeness (QED) is 0.262. The Kier molecular flexibility index (Phi) is 17.7. The average Bonchev–Trinajstić information content (AvgIpc) is 2.61. The second-order valence-corrected chi connectivity index (χ2v) is 5.71. The lowest BCUT2D eigenvalue weighted by molar-refractivity contribution is -0.149. The Labute approximate surface area is 156 Å². The minimum atomic E-state index is -0.325. The van der Waals surface area contributed by atoms with Gasteiger partial charge in [-0.25, -0.2) is 0 Å². The van der Waals surface area contributed by atoms with E-state index in [2.05, 4.69) is 0 Å². The summed E-state index contributed by atoms with van der Waals surface area (Å²) in [7, 11) is 3.19. The normalized spacial score (nSPS) is 10.9. The Morgan fingerprint density at radius 1 is 0.692 bits per heavy atom. The fourth-order valence-corrected chi connectivity index (χ4v) is 2.19. The molecule has 154 valence electrons. The number of ether oxygens (including phenoxy) is 6. The fourth-order valence-electron chi connectivity index (χ4n) is 2.19. The van der Waals surface area contributed by atoms with E-state index in [0.29, 0.717) is 39.6 Å². The van der Waals surface area contributed by atoms with E-state index in [1.54, 1.807) is 14.2 Å². The molecular weight excluding hydrogens is 344 g/mol. The van der Waals surface area contributed by atoms with Crippen LogP contribution in [0.5, 0.6) is 0 Å². The Bertz CT molecular complexity index is 318. The van der Waals surface area contributed by atoms with Crippen LogP contribution < -0.4 is 0 Å². The van der Waals surface area contributed by atoms with Crippen molar-refractivity contribution in [1.82, 2.24) is 0 Å². The summed E-state index contributed by atoms with van der Waals surface area (Å²) in [6.45, 7) is 5.02. The molecule has 0 heterocycles. The van der Waals surface area contributed by atoms with Crippen LogP contribution in [0.3, 0.4) is 0 Å². The molecule has 0 saturated carbocycles. The zero-order chi connectivity index (χ0) is 19.5. The Hall–Kier alpha value is -1.22. The molecule has 0 spiro atoms. The van der Waals surface area contributed by atoms with Crippen LogP contribution in [0.2, 0.25) is 0 Å². The number of hydrogen-bond acceptors (Lipinski definition) is 8. The second-order valence-electron chi connectivity index (χ2n) is 5.71. The molecule has 0 aromatic carbocycles. The first-order chi connectivity index (χ1) is 12.6. The average molecular weight is 378 g/mol. The molecule has 0 aromatic rings. The van der Waals surface area contributed by atoms with E-state index >= 15 is 0 Å². The van der Waals surface area contributed by atoms with Gasteiger partial charge in [0.2, 0.25) is 0 Å². The van der Waals surface area contributed by atoms with Crippen LogP contribution in [0.25, 0.3) is 0 Å². The van der Waals surface area contributed by atoms with Gasteiger partial charge in [-0.15, -0.1) is 0 Å². The number of rotatable bonds is 18. The molecular formula is C18H34O8. The molecule has 8 heteroatoms. The van der Waals surface area contributed by atoms with Gasteiger partial charge in [0, 0.05) is 27.1 Å². The lowest BCUT2D eigenvalue weighted by Gasteiger charge is -2.15. The molecule has 8 nitrogen and oxygen atoms in total. The zero-order valence-electron chi connectivity index (χ0n) is 16.3. The van der Waals surface area contributed by atoms with Crippen molar-refractivity contribution in [3.05, 3.63) is 0 Å². The molecule has 26 heavy (non-hydrogen) atoms. The first-order valence-electron chi connectivity index (χ1n) is 9.08. The predicted molar refractivity (Wildman–Crippen MR) is 94.9 cm³/mol. The molecule has 0 aliphatic rings. The van der Waals surface area contributed by atoms with Crippen molar-refractivity contribution in [2.45, 2.75) is 32.6 Å².